The topological polar surface area (TPSA) is 73.6 Å². The predicted molar refractivity (Wildman–Crippen MR) is 98.4 cm³/mol. The molecule has 0 aliphatic rings. The van der Waals surface area contributed by atoms with Gasteiger partial charge in [0.2, 0.25) is 5.91 Å². The van der Waals surface area contributed by atoms with Crippen LogP contribution >= 0.6 is 15.9 Å². The molecule has 2 rings (SSSR count). The normalized spacial score (nSPS) is 13.0. The number of hydrogen-bond acceptors (Lipinski definition) is 4. The van der Waals surface area contributed by atoms with E-state index >= 15 is 0 Å². The molecule has 2 aromatic rings. The summed E-state index contributed by atoms with van der Waals surface area (Å²) in [6.07, 6.45) is 0. The van der Waals surface area contributed by atoms with Crippen LogP contribution in [0.25, 0.3) is 0 Å². The minimum absolute atomic E-state index is 0.167. The third kappa shape index (κ3) is 4.07. The second kappa shape index (κ2) is 8.17. The summed E-state index contributed by atoms with van der Waals surface area (Å²) in [6, 6.07) is 12.6. The Morgan fingerprint density at radius 1 is 1.12 bits per heavy atom. The van der Waals surface area contributed by atoms with E-state index in [0.717, 1.165) is 5.56 Å². The van der Waals surface area contributed by atoms with Crippen LogP contribution in [0, 0.1) is 5.92 Å². The van der Waals surface area contributed by atoms with Crippen LogP contribution in [0.5, 0.6) is 11.5 Å². The molecule has 2 unspecified atom stereocenters. The first kappa shape index (κ1) is 18.3. The second-order valence-corrected chi connectivity index (χ2v) is 6.26. The smallest absolute Gasteiger partial charge is 0.229 e. The highest BCUT2D eigenvalue weighted by Crippen LogP contribution is 2.36. The average molecular weight is 393 g/mol. The van der Waals surface area contributed by atoms with Gasteiger partial charge in [-0.2, -0.15) is 0 Å². The Morgan fingerprint density at radius 3 is 2.29 bits per heavy atom. The molecule has 0 saturated carbocycles. The Labute approximate surface area is 150 Å². The van der Waals surface area contributed by atoms with E-state index in [4.69, 9.17) is 15.2 Å². The maximum atomic E-state index is 12.5. The highest BCUT2D eigenvalue weighted by molar-refractivity contribution is 9.10. The SMILES string of the molecule is COc1cc(Br)c(NC(=O)C(C)C(N)c2ccccc2)cc1OC. The molecule has 0 spiro atoms. The number of halogens is 1. The zero-order valence-electron chi connectivity index (χ0n) is 13.9. The van der Waals surface area contributed by atoms with E-state index in [1.54, 1.807) is 26.4 Å². The number of nitrogens with one attached hydrogen (secondary N) is 1. The van der Waals surface area contributed by atoms with E-state index in [2.05, 4.69) is 21.2 Å². The van der Waals surface area contributed by atoms with Gasteiger partial charge in [-0.05, 0) is 21.5 Å². The van der Waals surface area contributed by atoms with Gasteiger partial charge in [-0.25, -0.2) is 0 Å². The molecule has 3 N–H and O–H groups in total. The molecule has 5 nitrogen and oxygen atoms in total. The first-order valence-electron chi connectivity index (χ1n) is 7.50. The summed E-state index contributed by atoms with van der Waals surface area (Å²) in [7, 11) is 3.11. The van der Waals surface area contributed by atoms with Gasteiger partial charge in [0.15, 0.2) is 11.5 Å². The quantitative estimate of drug-likeness (QED) is 0.784. The van der Waals surface area contributed by atoms with Crippen molar-refractivity contribution in [2.45, 2.75) is 13.0 Å². The van der Waals surface area contributed by atoms with E-state index in [0.29, 0.717) is 21.7 Å². The van der Waals surface area contributed by atoms with Crippen molar-refractivity contribution in [3.8, 4) is 11.5 Å². The fourth-order valence-corrected chi connectivity index (χ4v) is 2.75. The van der Waals surface area contributed by atoms with Crippen LogP contribution in [0.4, 0.5) is 5.69 Å². The summed E-state index contributed by atoms with van der Waals surface area (Å²) in [5, 5.41) is 2.89. The second-order valence-electron chi connectivity index (χ2n) is 5.40. The summed E-state index contributed by atoms with van der Waals surface area (Å²) < 4.78 is 11.2. The fraction of sp³-hybridized carbons (Fsp3) is 0.278. The molecule has 1 amide bonds. The summed E-state index contributed by atoms with van der Waals surface area (Å²) >= 11 is 3.43. The van der Waals surface area contributed by atoms with Gasteiger partial charge >= 0.3 is 0 Å². The van der Waals surface area contributed by atoms with Gasteiger partial charge in [-0.1, -0.05) is 37.3 Å². The van der Waals surface area contributed by atoms with Crippen LogP contribution < -0.4 is 20.5 Å². The molecule has 0 bridgehead atoms. The van der Waals surface area contributed by atoms with Crippen LogP contribution in [-0.2, 0) is 4.79 Å². The summed E-state index contributed by atoms with van der Waals surface area (Å²) in [5.74, 6) is 0.555. The molecular weight excluding hydrogens is 372 g/mol. The van der Waals surface area contributed by atoms with Crippen LogP contribution in [0.15, 0.2) is 46.9 Å². The molecular formula is C18H21BrN2O3. The Kier molecular flexibility index (Phi) is 6.23. The molecule has 0 heterocycles. The zero-order chi connectivity index (χ0) is 17.7. The van der Waals surface area contributed by atoms with Crippen molar-refractivity contribution in [2.75, 3.05) is 19.5 Å². The first-order chi connectivity index (χ1) is 11.5. The van der Waals surface area contributed by atoms with E-state index in [-0.39, 0.29) is 11.9 Å². The lowest BCUT2D eigenvalue weighted by molar-refractivity contribution is -0.120. The number of anilines is 1. The third-order valence-corrected chi connectivity index (χ3v) is 4.52. The molecule has 0 aromatic heterocycles. The number of methoxy groups -OCH3 is 2. The lowest BCUT2D eigenvalue weighted by Gasteiger charge is -2.20. The van der Waals surface area contributed by atoms with Crippen LogP contribution in [0.3, 0.4) is 0 Å². The molecule has 6 heteroatoms. The van der Waals surface area contributed by atoms with E-state index < -0.39 is 5.92 Å². The third-order valence-electron chi connectivity index (χ3n) is 3.87. The Hall–Kier alpha value is -2.05. The van der Waals surface area contributed by atoms with Crippen molar-refractivity contribution in [1.29, 1.82) is 0 Å². The molecule has 0 aliphatic heterocycles. The van der Waals surface area contributed by atoms with E-state index in [1.807, 2.05) is 37.3 Å². The van der Waals surface area contributed by atoms with Gasteiger partial charge < -0.3 is 20.5 Å². The largest absolute Gasteiger partial charge is 0.493 e. The van der Waals surface area contributed by atoms with Gasteiger partial charge in [0.25, 0.3) is 0 Å². The molecule has 24 heavy (non-hydrogen) atoms. The molecule has 0 radical (unpaired) electrons. The van der Waals surface area contributed by atoms with E-state index in [9.17, 15) is 4.79 Å². The number of hydrogen-bond donors (Lipinski definition) is 2. The van der Waals surface area contributed by atoms with Gasteiger partial charge in [-0.15, -0.1) is 0 Å². The number of nitrogens with two attached hydrogens (primary N) is 1. The summed E-state index contributed by atoms with van der Waals surface area (Å²) in [6.45, 7) is 1.81. The number of carbonyl (C=O) groups excluding carboxylic acids is 1. The number of rotatable bonds is 6. The number of amides is 1. The van der Waals surface area contributed by atoms with Crippen molar-refractivity contribution >= 4 is 27.5 Å². The molecule has 0 saturated heterocycles. The van der Waals surface area contributed by atoms with Crippen molar-refractivity contribution in [3.05, 3.63) is 52.5 Å². The molecule has 2 aromatic carbocycles. The molecule has 128 valence electrons. The van der Waals surface area contributed by atoms with Crippen molar-refractivity contribution in [3.63, 3.8) is 0 Å². The minimum Gasteiger partial charge on any atom is -0.493 e. The van der Waals surface area contributed by atoms with Crippen LogP contribution in [-0.4, -0.2) is 20.1 Å². The number of carbonyl (C=O) groups is 1. The van der Waals surface area contributed by atoms with Crippen LogP contribution in [0.1, 0.15) is 18.5 Å². The van der Waals surface area contributed by atoms with Gasteiger partial charge in [0.05, 0.1) is 25.8 Å². The monoisotopic (exact) mass is 392 g/mol. The first-order valence-corrected chi connectivity index (χ1v) is 8.30. The summed E-state index contributed by atoms with van der Waals surface area (Å²) in [4.78, 5) is 12.5. The fourth-order valence-electron chi connectivity index (χ4n) is 2.32. The van der Waals surface area contributed by atoms with Gasteiger partial charge in [0.1, 0.15) is 0 Å². The summed E-state index contributed by atoms with van der Waals surface area (Å²) in [5.41, 5.74) is 7.74. The maximum Gasteiger partial charge on any atom is 0.229 e. The Morgan fingerprint density at radius 2 is 1.71 bits per heavy atom. The average Bonchev–Trinajstić information content (AvgIpc) is 2.62. The van der Waals surface area contributed by atoms with Gasteiger partial charge in [-0.3, -0.25) is 4.79 Å². The van der Waals surface area contributed by atoms with E-state index in [1.165, 1.54) is 0 Å². The van der Waals surface area contributed by atoms with Crippen molar-refractivity contribution < 1.29 is 14.3 Å². The van der Waals surface area contributed by atoms with Gasteiger partial charge in [0, 0.05) is 22.6 Å². The standard InChI is InChI=1S/C18H21BrN2O3/c1-11(17(20)12-7-5-4-6-8-12)18(22)21-14-10-16(24-3)15(23-2)9-13(14)19/h4-11,17H,20H2,1-3H3,(H,21,22). The highest BCUT2D eigenvalue weighted by Gasteiger charge is 2.23. The molecule has 0 aliphatic carbocycles. The lowest BCUT2D eigenvalue weighted by Crippen LogP contribution is -2.30. The lowest BCUT2D eigenvalue weighted by atomic mass is 9.94. The van der Waals surface area contributed by atoms with Crippen LogP contribution in [0.2, 0.25) is 0 Å². The Bertz CT molecular complexity index is 707. The number of ether oxygens (including phenoxy) is 2. The zero-order valence-corrected chi connectivity index (χ0v) is 15.5. The predicted octanol–water partition coefficient (Wildman–Crippen LogP) is 3.74. The number of benzene rings is 2. The maximum absolute atomic E-state index is 12.5. The highest BCUT2D eigenvalue weighted by atomic mass is 79.9. The van der Waals surface area contributed by atoms with Crippen molar-refractivity contribution in [2.24, 2.45) is 11.7 Å². The Balaban J connectivity index is 2.17. The van der Waals surface area contributed by atoms with Crippen molar-refractivity contribution in [1.82, 2.24) is 0 Å². The minimum atomic E-state index is -0.396. The molecule has 2 atom stereocenters. The molecule has 0 fully saturated rings.